The Bertz CT molecular complexity index is 2930. The van der Waals surface area contributed by atoms with E-state index in [9.17, 15) is 9.59 Å². The zero-order valence-electron chi connectivity index (χ0n) is 42.5. The minimum Gasteiger partial charge on any atom is -0.459 e. The first kappa shape index (κ1) is 49.7. The van der Waals surface area contributed by atoms with Crippen molar-refractivity contribution < 1.29 is 19.1 Å². The summed E-state index contributed by atoms with van der Waals surface area (Å²) in [6.07, 6.45) is 19.7. The highest BCUT2D eigenvalue weighted by atomic mass is 16.5. The van der Waals surface area contributed by atoms with E-state index in [2.05, 4.69) is 172 Å². The fourth-order valence-electron chi connectivity index (χ4n) is 11.1. The zero-order valence-corrected chi connectivity index (χ0v) is 42.5. The van der Waals surface area contributed by atoms with Crippen molar-refractivity contribution in [1.82, 2.24) is 19.3 Å². The van der Waals surface area contributed by atoms with Crippen LogP contribution in [0.5, 0.6) is 17.2 Å². The summed E-state index contributed by atoms with van der Waals surface area (Å²) < 4.78 is 14.7. The van der Waals surface area contributed by atoms with Gasteiger partial charge in [0.05, 0.1) is 17.3 Å². The molecule has 0 N–H and O–H groups in total. The van der Waals surface area contributed by atoms with Gasteiger partial charge in [0.1, 0.15) is 23.0 Å². The van der Waals surface area contributed by atoms with E-state index in [-0.39, 0.29) is 29.2 Å². The summed E-state index contributed by atoms with van der Waals surface area (Å²) in [6.45, 7) is 20.2. The van der Waals surface area contributed by atoms with Gasteiger partial charge < -0.3 is 28.7 Å². The second-order valence-electron chi connectivity index (χ2n) is 20.1. The van der Waals surface area contributed by atoms with Gasteiger partial charge in [-0.05, 0) is 139 Å². The summed E-state index contributed by atoms with van der Waals surface area (Å²) in [4.78, 5) is 30.0. The Labute approximate surface area is 427 Å². The lowest BCUT2D eigenvalue weighted by molar-refractivity contribution is -0.132. The average Bonchev–Trinajstić information content (AvgIpc) is 3.60. The minimum absolute atomic E-state index is 0.00901. The largest absolute Gasteiger partial charge is 0.459 e. The van der Waals surface area contributed by atoms with Crippen molar-refractivity contribution >= 4 is 22.7 Å². The molecule has 0 radical (unpaired) electrons. The van der Waals surface area contributed by atoms with Gasteiger partial charge >= 0.3 is 0 Å². The van der Waals surface area contributed by atoms with Crippen molar-refractivity contribution in [3.8, 4) is 17.2 Å². The highest BCUT2D eigenvalue weighted by Gasteiger charge is 2.67. The van der Waals surface area contributed by atoms with Crippen molar-refractivity contribution in [2.24, 2.45) is 29.1 Å². The number of hydrogen-bond donors (Lipinski definition) is 0. The first-order valence-electron chi connectivity index (χ1n) is 26.0. The lowest BCUT2D eigenvalue weighted by atomic mass is 9.94. The molecule has 2 aliphatic carbocycles. The number of likely N-dealkylation sites (tertiary alicyclic amines) is 2. The molecule has 0 bridgehead atoms. The first-order chi connectivity index (χ1) is 35.1. The maximum atomic E-state index is 12.1. The summed E-state index contributed by atoms with van der Waals surface area (Å²) in [5.41, 5.74) is 7.94. The fourth-order valence-corrected chi connectivity index (χ4v) is 11.1. The second-order valence-corrected chi connectivity index (χ2v) is 20.1. The molecule has 370 valence electrons. The third-order valence-corrected chi connectivity index (χ3v) is 15.4. The van der Waals surface area contributed by atoms with Crippen molar-refractivity contribution in [2.75, 3.05) is 26.2 Å². The molecule has 8 nitrogen and oxygen atoms in total. The Hall–Kier alpha value is -7.32. The Morgan fingerprint density at radius 2 is 1.32 bits per heavy atom. The molecule has 3 fully saturated rings. The zero-order chi connectivity index (χ0) is 50.2. The Morgan fingerprint density at radius 1 is 0.694 bits per heavy atom. The maximum Gasteiger partial charge on any atom is 0.246 e. The van der Waals surface area contributed by atoms with Gasteiger partial charge in [-0.1, -0.05) is 143 Å². The number of allylic oxidation sites excluding steroid dienone is 3. The average molecular weight is 959 g/mol. The molecule has 1 aromatic heterocycles. The van der Waals surface area contributed by atoms with Crippen LogP contribution in [0.1, 0.15) is 55.9 Å². The molecule has 6 aromatic rings. The Balaban J connectivity index is 0.000000150. The number of aryl methyl sites for hydroxylation is 4. The molecule has 5 atom stereocenters. The van der Waals surface area contributed by atoms with Gasteiger partial charge in [-0.2, -0.15) is 0 Å². The predicted molar refractivity (Wildman–Crippen MR) is 291 cm³/mol. The fraction of sp³-hybridized carbons (Fsp3) is 0.312. The van der Waals surface area contributed by atoms with Crippen molar-refractivity contribution in [3.63, 3.8) is 0 Å². The summed E-state index contributed by atoms with van der Waals surface area (Å²) in [5.74, 6) is 5.51. The number of carbonyl (C=O) groups is 2. The molecule has 3 aliphatic heterocycles. The number of piperidine rings is 1. The SMILES string of the molecule is C=CC(=O)N1CC(N2C=CC34C2=C(Oc2ccc(CCc5ccccc5)cc2)C(C)C=CC3C4C)C1.C=CC(=O)N1CCCC(Cn2ccc3cccc(C)c32)C1.CCc1ccc(Oc2ccccc2)cc1. The minimum atomic E-state index is 0.00901. The number of ether oxygens (including phenoxy) is 2. The molecule has 2 amide bonds. The van der Waals surface area contributed by atoms with Gasteiger partial charge in [0, 0.05) is 56.5 Å². The second kappa shape index (κ2) is 22.4. The van der Waals surface area contributed by atoms with E-state index >= 15 is 0 Å². The van der Waals surface area contributed by atoms with Crippen LogP contribution in [0.15, 0.2) is 201 Å². The molecular formula is C64H70N4O4. The highest BCUT2D eigenvalue weighted by Crippen LogP contribution is 2.70. The highest BCUT2D eigenvalue weighted by molar-refractivity contribution is 5.88. The molecular weight excluding hydrogens is 889 g/mol. The van der Waals surface area contributed by atoms with Crippen molar-refractivity contribution in [2.45, 2.75) is 72.4 Å². The number of benzene rings is 5. The van der Waals surface area contributed by atoms with E-state index < -0.39 is 0 Å². The number of rotatable bonds is 13. The van der Waals surface area contributed by atoms with Crippen molar-refractivity contribution in [1.29, 1.82) is 0 Å². The molecule has 8 heteroatoms. The molecule has 2 saturated heterocycles. The van der Waals surface area contributed by atoms with E-state index in [1.165, 1.54) is 57.4 Å². The molecule has 72 heavy (non-hydrogen) atoms. The molecule has 11 rings (SSSR count). The molecule has 5 aromatic carbocycles. The van der Waals surface area contributed by atoms with Crippen LogP contribution in [0.25, 0.3) is 10.9 Å². The van der Waals surface area contributed by atoms with Crippen LogP contribution in [0.2, 0.25) is 0 Å². The van der Waals surface area contributed by atoms with Crippen LogP contribution in [-0.2, 0) is 35.4 Å². The van der Waals surface area contributed by atoms with E-state index in [1.807, 2.05) is 52.3 Å². The van der Waals surface area contributed by atoms with Gasteiger partial charge in [-0.15, -0.1) is 0 Å². The van der Waals surface area contributed by atoms with Crippen LogP contribution in [0.4, 0.5) is 0 Å². The number of nitrogens with zero attached hydrogens (tertiary/aromatic N) is 4. The summed E-state index contributed by atoms with van der Waals surface area (Å²) in [6, 6.07) is 46.1. The monoisotopic (exact) mass is 959 g/mol. The van der Waals surface area contributed by atoms with Gasteiger partial charge in [0.2, 0.25) is 11.8 Å². The van der Waals surface area contributed by atoms with E-state index in [1.54, 1.807) is 0 Å². The third kappa shape index (κ3) is 10.9. The third-order valence-electron chi connectivity index (χ3n) is 15.4. The predicted octanol–water partition coefficient (Wildman–Crippen LogP) is 13.2. The number of aromatic nitrogens is 1. The lowest BCUT2D eigenvalue weighted by Gasteiger charge is -2.45. The quantitative estimate of drug-likeness (QED) is 0.0852. The van der Waals surface area contributed by atoms with Crippen LogP contribution in [0, 0.1) is 36.0 Å². The number of fused-ring (bicyclic) bond motifs is 1. The number of para-hydroxylation sites is 2. The first-order valence-corrected chi connectivity index (χ1v) is 26.0. The summed E-state index contributed by atoms with van der Waals surface area (Å²) >= 11 is 0. The number of hydrogen-bond acceptors (Lipinski definition) is 5. The number of carbonyl (C=O) groups excluding carboxylic acids is 2. The van der Waals surface area contributed by atoms with E-state index in [0.29, 0.717) is 17.8 Å². The molecule has 5 aliphatic rings. The van der Waals surface area contributed by atoms with Crippen molar-refractivity contribution in [3.05, 3.63) is 223 Å². The van der Waals surface area contributed by atoms with Gasteiger partial charge in [-0.25, -0.2) is 0 Å². The summed E-state index contributed by atoms with van der Waals surface area (Å²) in [7, 11) is 0. The van der Waals surface area contributed by atoms with Crippen LogP contribution < -0.4 is 9.47 Å². The van der Waals surface area contributed by atoms with E-state index in [0.717, 1.165) is 81.4 Å². The smallest absolute Gasteiger partial charge is 0.246 e. The maximum absolute atomic E-state index is 12.1. The van der Waals surface area contributed by atoms with Gasteiger partial charge in [-0.3, -0.25) is 9.59 Å². The molecule has 5 unspecified atom stereocenters. The molecule has 1 saturated carbocycles. The normalized spacial score (nSPS) is 21.8. The topological polar surface area (TPSA) is 67.2 Å². The molecule has 4 heterocycles. The van der Waals surface area contributed by atoms with Crippen LogP contribution in [0.3, 0.4) is 0 Å². The van der Waals surface area contributed by atoms with Crippen LogP contribution >= 0.6 is 0 Å². The van der Waals surface area contributed by atoms with Crippen LogP contribution in [-0.4, -0.2) is 63.3 Å². The van der Waals surface area contributed by atoms with Gasteiger partial charge in [0.15, 0.2) is 0 Å². The van der Waals surface area contributed by atoms with Gasteiger partial charge in [0.25, 0.3) is 0 Å². The Kier molecular flexibility index (Phi) is 15.4. The molecule has 1 spiro atoms. The Morgan fingerprint density at radius 3 is 2.00 bits per heavy atom. The number of amides is 2. The lowest BCUT2D eigenvalue weighted by Crippen LogP contribution is -2.59. The summed E-state index contributed by atoms with van der Waals surface area (Å²) in [5, 5.41) is 1.30. The standard InChI is InChI=1S/C32H34N2O2.C18H22N2O.C14H14O/c1-4-29(35)33-20-26(21-33)34-19-18-32-23(3)28(32)17-10-22(2)30(31(32)34)36-27-15-13-25(14-16-27)12-11-24-8-6-5-7-9-24;1-3-17(21)19-10-5-7-15(12-19)13-20-11-9-16-8-4-6-14(2)18(16)20;1-2-12-8-10-14(11-9-12)15-13-6-4-3-5-7-13/h4-10,13-19,22-23,26,28H,1,11-12,20-21H2,2-3H3;3-4,6,8-9,11,15H,1,5,7,10,12-13H2,2H3;3-11H,2H2,1H3. The van der Waals surface area contributed by atoms with E-state index in [4.69, 9.17) is 9.47 Å².